The maximum absolute atomic E-state index is 13.2. The molecule has 0 saturated heterocycles. The minimum atomic E-state index is -0.668. The Labute approximate surface area is 204 Å². The van der Waals surface area contributed by atoms with E-state index in [4.69, 9.17) is 27.9 Å². The van der Waals surface area contributed by atoms with Gasteiger partial charge < -0.3 is 15.0 Å². The molecule has 3 aromatic carbocycles. The number of rotatable bonds is 9. The molecule has 0 aliphatic carbocycles. The lowest BCUT2D eigenvalue weighted by atomic mass is 10.1. The van der Waals surface area contributed by atoms with Gasteiger partial charge in [-0.2, -0.15) is 0 Å². The summed E-state index contributed by atoms with van der Waals surface area (Å²) in [7, 11) is 1.61. The quantitative estimate of drug-likeness (QED) is 0.449. The summed E-state index contributed by atoms with van der Waals surface area (Å²) in [6.07, 6.45) is 0.168. The fourth-order valence-electron chi connectivity index (χ4n) is 3.33. The fraction of sp³-hybridized carbons (Fsp3) is 0.231. The molecule has 2 amide bonds. The third-order valence-electron chi connectivity index (χ3n) is 5.33. The average Bonchev–Trinajstić information content (AvgIpc) is 2.83. The molecular weight excluding hydrogens is 459 g/mol. The van der Waals surface area contributed by atoms with E-state index in [1.165, 1.54) is 0 Å². The smallest absolute Gasteiger partial charge is 0.242 e. The van der Waals surface area contributed by atoms with Crippen LogP contribution in [0.1, 0.15) is 23.6 Å². The van der Waals surface area contributed by atoms with Crippen molar-refractivity contribution < 1.29 is 14.3 Å². The van der Waals surface area contributed by atoms with Crippen LogP contribution in [0.4, 0.5) is 0 Å². The molecule has 0 spiro atoms. The topological polar surface area (TPSA) is 58.6 Å². The zero-order valence-electron chi connectivity index (χ0n) is 18.6. The van der Waals surface area contributed by atoms with Crippen LogP contribution in [0.5, 0.6) is 5.75 Å². The average molecular weight is 485 g/mol. The van der Waals surface area contributed by atoms with E-state index in [2.05, 4.69) is 5.32 Å². The molecule has 1 atom stereocenters. The summed E-state index contributed by atoms with van der Waals surface area (Å²) in [4.78, 5) is 27.8. The third-order valence-corrected chi connectivity index (χ3v) is 5.83. The molecule has 0 radical (unpaired) electrons. The van der Waals surface area contributed by atoms with Crippen molar-refractivity contribution in [3.05, 3.63) is 99.5 Å². The predicted octanol–water partition coefficient (Wildman–Crippen LogP) is 5.28. The van der Waals surface area contributed by atoms with Crippen LogP contribution in [0.15, 0.2) is 72.8 Å². The van der Waals surface area contributed by atoms with Gasteiger partial charge in [-0.15, -0.1) is 0 Å². The molecule has 3 aromatic rings. The van der Waals surface area contributed by atoms with Crippen molar-refractivity contribution in [3.8, 4) is 5.75 Å². The van der Waals surface area contributed by atoms with Crippen molar-refractivity contribution in [2.24, 2.45) is 0 Å². The Morgan fingerprint density at radius 3 is 1.91 bits per heavy atom. The minimum absolute atomic E-state index is 0.153. The Balaban J connectivity index is 1.72. The highest BCUT2D eigenvalue weighted by Crippen LogP contribution is 2.17. The molecule has 33 heavy (non-hydrogen) atoms. The van der Waals surface area contributed by atoms with Gasteiger partial charge in [0.05, 0.1) is 13.5 Å². The minimum Gasteiger partial charge on any atom is -0.497 e. The zero-order valence-corrected chi connectivity index (χ0v) is 20.1. The number of carbonyl (C=O) groups excluding carboxylic acids is 2. The van der Waals surface area contributed by atoms with E-state index in [-0.39, 0.29) is 18.2 Å². The number of hydrogen-bond acceptors (Lipinski definition) is 3. The molecule has 1 N–H and O–H groups in total. The summed E-state index contributed by atoms with van der Waals surface area (Å²) in [5.41, 5.74) is 2.66. The second-order valence-electron chi connectivity index (χ2n) is 7.69. The molecule has 7 heteroatoms. The second-order valence-corrected chi connectivity index (χ2v) is 8.57. The first-order valence-corrected chi connectivity index (χ1v) is 11.3. The van der Waals surface area contributed by atoms with E-state index in [0.717, 1.165) is 22.4 Å². The first-order chi connectivity index (χ1) is 15.9. The van der Waals surface area contributed by atoms with E-state index >= 15 is 0 Å². The first kappa shape index (κ1) is 24.6. The van der Waals surface area contributed by atoms with Crippen LogP contribution in [0.25, 0.3) is 0 Å². The summed E-state index contributed by atoms with van der Waals surface area (Å²) in [5, 5.41) is 4.15. The summed E-state index contributed by atoms with van der Waals surface area (Å²) in [6, 6.07) is 21.2. The third kappa shape index (κ3) is 7.24. The second kappa shape index (κ2) is 11.7. The van der Waals surface area contributed by atoms with Gasteiger partial charge in [0.25, 0.3) is 0 Å². The van der Waals surface area contributed by atoms with Gasteiger partial charge in [0.2, 0.25) is 11.8 Å². The van der Waals surface area contributed by atoms with Crippen LogP contribution >= 0.6 is 23.2 Å². The SMILES string of the molecule is COc1ccc(CNC(=O)[C@@H](C)N(Cc2ccc(Cl)cc2)C(=O)Cc2ccc(Cl)cc2)cc1. The lowest BCUT2D eigenvalue weighted by Gasteiger charge is -2.29. The lowest BCUT2D eigenvalue weighted by Crippen LogP contribution is -2.47. The van der Waals surface area contributed by atoms with Crippen molar-refractivity contribution in [2.75, 3.05) is 7.11 Å². The van der Waals surface area contributed by atoms with Crippen molar-refractivity contribution in [3.63, 3.8) is 0 Å². The van der Waals surface area contributed by atoms with Gasteiger partial charge in [-0.3, -0.25) is 9.59 Å². The van der Waals surface area contributed by atoms with Crippen LogP contribution in [-0.4, -0.2) is 29.9 Å². The van der Waals surface area contributed by atoms with Crippen molar-refractivity contribution in [1.82, 2.24) is 10.2 Å². The number of benzene rings is 3. The lowest BCUT2D eigenvalue weighted by molar-refractivity contribution is -0.140. The van der Waals surface area contributed by atoms with Gasteiger partial charge in [-0.25, -0.2) is 0 Å². The Morgan fingerprint density at radius 2 is 1.36 bits per heavy atom. The van der Waals surface area contributed by atoms with Crippen molar-refractivity contribution in [1.29, 1.82) is 0 Å². The molecule has 0 aliphatic rings. The highest BCUT2D eigenvalue weighted by atomic mass is 35.5. The number of hydrogen-bond donors (Lipinski definition) is 1. The molecule has 0 heterocycles. The predicted molar refractivity (Wildman–Crippen MR) is 131 cm³/mol. The molecule has 0 bridgehead atoms. The molecule has 5 nitrogen and oxygen atoms in total. The molecule has 0 fully saturated rings. The van der Waals surface area contributed by atoms with E-state index < -0.39 is 6.04 Å². The van der Waals surface area contributed by atoms with Gasteiger partial charge in [0, 0.05) is 23.1 Å². The van der Waals surface area contributed by atoms with Gasteiger partial charge in [-0.1, -0.05) is 59.6 Å². The Bertz CT molecular complexity index is 1070. The normalized spacial score (nSPS) is 11.5. The van der Waals surface area contributed by atoms with Crippen LogP contribution in [0.2, 0.25) is 10.0 Å². The van der Waals surface area contributed by atoms with E-state index in [1.807, 2.05) is 48.5 Å². The Morgan fingerprint density at radius 1 is 0.848 bits per heavy atom. The van der Waals surface area contributed by atoms with Crippen LogP contribution < -0.4 is 10.1 Å². The number of carbonyl (C=O) groups is 2. The Hall–Kier alpha value is -3.02. The van der Waals surface area contributed by atoms with Gasteiger partial charge in [-0.05, 0) is 60.0 Å². The van der Waals surface area contributed by atoms with Crippen LogP contribution in [0, 0.1) is 0 Å². The summed E-state index contributed by atoms with van der Waals surface area (Å²) < 4.78 is 5.16. The van der Waals surface area contributed by atoms with E-state index in [1.54, 1.807) is 43.2 Å². The van der Waals surface area contributed by atoms with Crippen LogP contribution in [-0.2, 0) is 29.1 Å². The highest BCUT2D eigenvalue weighted by molar-refractivity contribution is 6.30. The number of nitrogens with zero attached hydrogens (tertiary/aromatic N) is 1. The van der Waals surface area contributed by atoms with Gasteiger partial charge in [0.1, 0.15) is 11.8 Å². The number of ether oxygens (including phenoxy) is 1. The maximum atomic E-state index is 13.2. The summed E-state index contributed by atoms with van der Waals surface area (Å²) >= 11 is 12.0. The van der Waals surface area contributed by atoms with E-state index in [9.17, 15) is 9.59 Å². The number of methoxy groups -OCH3 is 1. The summed E-state index contributed by atoms with van der Waals surface area (Å²) in [5.74, 6) is 0.365. The van der Waals surface area contributed by atoms with Gasteiger partial charge in [0.15, 0.2) is 0 Å². The Kier molecular flexibility index (Phi) is 8.75. The molecule has 0 saturated carbocycles. The highest BCUT2D eigenvalue weighted by Gasteiger charge is 2.26. The molecule has 3 rings (SSSR count). The molecule has 0 unspecified atom stereocenters. The number of nitrogens with one attached hydrogen (secondary N) is 1. The summed E-state index contributed by atoms with van der Waals surface area (Å²) in [6.45, 7) is 2.38. The first-order valence-electron chi connectivity index (χ1n) is 10.5. The molecular formula is C26H26Cl2N2O3. The molecule has 0 aromatic heterocycles. The van der Waals surface area contributed by atoms with Crippen molar-refractivity contribution in [2.45, 2.75) is 32.5 Å². The number of amides is 2. The standard InChI is InChI=1S/C26H26Cl2N2O3/c1-18(26(32)29-16-20-7-13-24(33-2)14-8-20)30(17-21-5-11-23(28)12-6-21)25(31)15-19-3-9-22(27)10-4-19/h3-14,18H,15-17H2,1-2H3,(H,29,32)/t18-/m1/s1. The van der Waals surface area contributed by atoms with Crippen LogP contribution in [0.3, 0.4) is 0 Å². The zero-order chi connectivity index (χ0) is 23.8. The van der Waals surface area contributed by atoms with Gasteiger partial charge >= 0.3 is 0 Å². The fourth-order valence-corrected chi connectivity index (χ4v) is 3.58. The molecule has 172 valence electrons. The number of halogens is 2. The largest absolute Gasteiger partial charge is 0.497 e. The molecule has 0 aliphatic heterocycles. The maximum Gasteiger partial charge on any atom is 0.242 e. The van der Waals surface area contributed by atoms with E-state index in [0.29, 0.717) is 23.1 Å². The monoisotopic (exact) mass is 484 g/mol. The van der Waals surface area contributed by atoms with Crippen molar-refractivity contribution >= 4 is 35.0 Å².